The first-order valence-corrected chi connectivity index (χ1v) is 9.75. The third-order valence-electron chi connectivity index (χ3n) is 4.26. The van der Waals surface area contributed by atoms with Crippen molar-refractivity contribution in [2.24, 2.45) is 0 Å². The molecule has 1 atom stereocenters. The van der Waals surface area contributed by atoms with Crippen LogP contribution in [-0.4, -0.2) is 18.4 Å². The van der Waals surface area contributed by atoms with Crippen LogP contribution < -0.4 is 14.2 Å². The van der Waals surface area contributed by atoms with E-state index >= 15 is 0 Å². The smallest absolute Gasteiger partial charge is 0.416 e. The largest absolute Gasteiger partial charge is 0.460 e. The predicted octanol–water partition coefficient (Wildman–Crippen LogP) is 6.23. The fraction of sp³-hybridized carbons (Fsp3) is 0.208. The van der Waals surface area contributed by atoms with Gasteiger partial charge in [0, 0.05) is 6.92 Å². The van der Waals surface area contributed by atoms with E-state index in [1.54, 1.807) is 55.5 Å². The van der Waals surface area contributed by atoms with Crippen LogP contribution in [0.5, 0.6) is 23.0 Å². The van der Waals surface area contributed by atoms with E-state index in [1.807, 2.05) is 6.07 Å². The van der Waals surface area contributed by atoms with Gasteiger partial charge in [0.15, 0.2) is 0 Å². The second-order valence-electron chi connectivity index (χ2n) is 6.78. The maximum atomic E-state index is 12.7. The van der Waals surface area contributed by atoms with E-state index in [1.165, 1.54) is 19.1 Å². The van der Waals surface area contributed by atoms with Gasteiger partial charge in [0.1, 0.15) is 23.0 Å². The number of alkyl halides is 3. The normalized spacial score (nSPS) is 13.0. The number of carbonyl (C=O) groups excluding carboxylic acids is 1. The van der Waals surface area contributed by atoms with Gasteiger partial charge in [0.2, 0.25) is 0 Å². The summed E-state index contributed by atoms with van der Waals surface area (Å²) in [5.74, 6) is -1.10. The van der Waals surface area contributed by atoms with Gasteiger partial charge in [-0.3, -0.25) is 0 Å². The third kappa shape index (κ3) is 5.94. The van der Waals surface area contributed by atoms with E-state index in [9.17, 15) is 18.0 Å². The molecule has 0 aliphatic carbocycles. The number of benzene rings is 3. The molecule has 5 nitrogen and oxygen atoms in total. The maximum absolute atomic E-state index is 12.7. The van der Waals surface area contributed by atoms with Gasteiger partial charge in [-0.25, -0.2) is 4.79 Å². The summed E-state index contributed by atoms with van der Waals surface area (Å²) in [6.45, 7) is 3.27. The molecule has 0 bridgehead atoms. The van der Waals surface area contributed by atoms with Gasteiger partial charge in [-0.05, 0) is 67.6 Å². The molecule has 3 rings (SSSR count). The Morgan fingerprint density at radius 3 is 1.72 bits per heavy atom. The molecule has 0 aliphatic heterocycles. The minimum Gasteiger partial charge on any atom is -0.460 e. The van der Waals surface area contributed by atoms with Crippen molar-refractivity contribution in [2.45, 2.75) is 25.8 Å². The Labute approximate surface area is 183 Å². The zero-order valence-electron chi connectivity index (χ0n) is 17.4. The first kappa shape index (κ1) is 23.0. The van der Waals surface area contributed by atoms with Gasteiger partial charge >= 0.3 is 17.9 Å². The molecular weight excluding hydrogens is 425 g/mol. The van der Waals surface area contributed by atoms with Crippen molar-refractivity contribution in [1.82, 2.24) is 0 Å². The average molecular weight is 446 g/mol. The second-order valence-corrected chi connectivity index (χ2v) is 6.78. The SMILES string of the molecule is CCOC(=O)C(C)(Oc1ccccc1)Oc1ccc(Oc2ccc(C(F)(F)F)cc2)cc1. The molecule has 0 heterocycles. The lowest BCUT2D eigenvalue weighted by atomic mass is 10.2. The number of halogens is 3. The molecule has 0 saturated heterocycles. The Morgan fingerprint density at radius 2 is 1.22 bits per heavy atom. The van der Waals surface area contributed by atoms with Crippen LogP contribution in [0.4, 0.5) is 13.2 Å². The third-order valence-corrected chi connectivity index (χ3v) is 4.26. The van der Waals surface area contributed by atoms with Gasteiger partial charge < -0.3 is 18.9 Å². The zero-order chi connectivity index (χ0) is 23.2. The Kier molecular flexibility index (Phi) is 6.92. The first-order valence-electron chi connectivity index (χ1n) is 9.75. The summed E-state index contributed by atoms with van der Waals surface area (Å²) in [7, 11) is 0. The van der Waals surface area contributed by atoms with Crippen molar-refractivity contribution in [3.8, 4) is 23.0 Å². The zero-order valence-corrected chi connectivity index (χ0v) is 17.4. The number of hydrogen-bond donors (Lipinski definition) is 0. The van der Waals surface area contributed by atoms with Crippen LogP contribution in [0.2, 0.25) is 0 Å². The minimum atomic E-state index is -4.41. The Hall–Kier alpha value is -3.68. The summed E-state index contributed by atoms with van der Waals surface area (Å²) >= 11 is 0. The highest BCUT2D eigenvalue weighted by Crippen LogP contribution is 2.32. The van der Waals surface area contributed by atoms with Crippen LogP contribution in [-0.2, 0) is 15.7 Å². The molecule has 0 fully saturated rings. The molecule has 3 aromatic carbocycles. The summed E-state index contributed by atoms with van der Waals surface area (Å²) in [6.07, 6.45) is -4.41. The van der Waals surface area contributed by atoms with E-state index < -0.39 is 23.5 Å². The molecule has 8 heteroatoms. The quantitative estimate of drug-likeness (QED) is 0.303. The van der Waals surface area contributed by atoms with Crippen molar-refractivity contribution >= 4 is 5.97 Å². The molecule has 32 heavy (non-hydrogen) atoms. The lowest BCUT2D eigenvalue weighted by Crippen LogP contribution is -2.48. The molecule has 0 N–H and O–H groups in total. The van der Waals surface area contributed by atoms with Gasteiger partial charge in [-0.2, -0.15) is 13.2 Å². The summed E-state index contributed by atoms with van der Waals surface area (Å²) in [6, 6.07) is 19.3. The van der Waals surface area contributed by atoms with Crippen molar-refractivity contribution in [2.75, 3.05) is 6.61 Å². The first-order chi connectivity index (χ1) is 15.2. The molecule has 0 aromatic heterocycles. The molecule has 3 aromatic rings. The molecule has 0 aliphatic rings. The van der Waals surface area contributed by atoms with Crippen molar-refractivity contribution in [1.29, 1.82) is 0 Å². The van der Waals surface area contributed by atoms with Crippen LogP contribution in [0.3, 0.4) is 0 Å². The number of rotatable bonds is 8. The number of para-hydroxylation sites is 1. The Balaban J connectivity index is 1.72. The molecule has 0 radical (unpaired) electrons. The highest BCUT2D eigenvalue weighted by atomic mass is 19.4. The highest BCUT2D eigenvalue weighted by molar-refractivity contribution is 5.78. The summed E-state index contributed by atoms with van der Waals surface area (Å²) in [4.78, 5) is 12.5. The van der Waals surface area contributed by atoms with E-state index in [4.69, 9.17) is 18.9 Å². The van der Waals surface area contributed by atoms with Crippen LogP contribution in [0, 0.1) is 0 Å². The van der Waals surface area contributed by atoms with Crippen LogP contribution in [0.1, 0.15) is 19.4 Å². The molecule has 0 saturated carbocycles. The van der Waals surface area contributed by atoms with Gasteiger partial charge in [0.25, 0.3) is 0 Å². The van der Waals surface area contributed by atoms with Gasteiger partial charge in [-0.15, -0.1) is 0 Å². The molecule has 1 unspecified atom stereocenters. The number of carbonyl (C=O) groups is 1. The van der Waals surface area contributed by atoms with E-state index in [-0.39, 0.29) is 12.4 Å². The monoisotopic (exact) mass is 446 g/mol. The van der Waals surface area contributed by atoms with E-state index in [0.29, 0.717) is 17.2 Å². The van der Waals surface area contributed by atoms with Crippen LogP contribution in [0.15, 0.2) is 78.9 Å². The number of hydrogen-bond acceptors (Lipinski definition) is 5. The molecule has 168 valence electrons. The molecule has 0 spiro atoms. The summed E-state index contributed by atoms with van der Waals surface area (Å²) < 4.78 is 60.2. The minimum absolute atomic E-state index is 0.149. The lowest BCUT2D eigenvalue weighted by Gasteiger charge is -2.28. The van der Waals surface area contributed by atoms with Gasteiger partial charge in [-0.1, -0.05) is 18.2 Å². The summed E-state index contributed by atoms with van der Waals surface area (Å²) in [5.41, 5.74) is -0.759. The Bertz CT molecular complexity index is 1020. The maximum Gasteiger partial charge on any atom is 0.416 e. The Morgan fingerprint density at radius 1 is 0.750 bits per heavy atom. The van der Waals surface area contributed by atoms with E-state index in [0.717, 1.165) is 12.1 Å². The van der Waals surface area contributed by atoms with Crippen molar-refractivity contribution in [3.63, 3.8) is 0 Å². The fourth-order valence-corrected chi connectivity index (χ4v) is 2.73. The standard InChI is InChI=1S/C24H21F3O5/c1-3-29-22(28)23(2,31-20-7-5-4-6-8-20)32-21-15-13-19(14-16-21)30-18-11-9-17(10-12-18)24(25,26)27/h4-16H,3H2,1-2H3. The number of esters is 1. The summed E-state index contributed by atoms with van der Waals surface area (Å²) in [5, 5.41) is 0. The predicted molar refractivity (Wildman–Crippen MR) is 111 cm³/mol. The average Bonchev–Trinajstić information content (AvgIpc) is 2.76. The van der Waals surface area contributed by atoms with E-state index in [2.05, 4.69) is 0 Å². The van der Waals surface area contributed by atoms with Gasteiger partial charge in [0.05, 0.1) is 12.2 Å². The van der Waals surface area contributed by atoms with Crippen molar-refractivity contribution in [3.05, 3.63) is 84.4 Å². The molecular formula is C24H21F3O5. The lowest BCUT2D eigenvalue weighted by molar-refractivity contribution is -0.187. The second kappa shape index (κ2) is 9.64. The number of ether oxygens (including phenoxy) is 4. The fourth-order valence-electron chi connectivity index (χ4n) is 2.73. The highest BCUT2D eigenvalue weighted by Gasteiger charge is 2.40. The topological polar surface area (TPSA) is 54.0 Å². The van der Waals surface area contributed by atoms with Crippen LogP contribution >= 0.6 is 0 Å². The van der Waals surface area contributed by atoms with Crippen molar-refractivity contribution < 1.29 is 36.9 Å². The van der Waals surface area contributed by atoms with Crippen LogP contribution in [0.25, 0.3) is 0 Å². The molecule has 0 amide bonds.